The Bertz CT molecular complexity index is 1600. The molecule has 0 unspecified atom stereocenters. The van der Waals surface area contributed by atoms with E-state index in [-0.39, 0.29) is 35.6 Å². The Labute approximate surface area is 301 Å². The van der Waals surface area contributed by atoms with Crippen LogP contribution in [0, 0.1) is 6.08 Å². The van der Waals surface area contributed by atoms with Gasteiger partial charge in [-0.25, -0.2) is 12.2 Å². The third kappa shape index (κ3) is 10.3. The van der Waals surface area contributed by atoms with E-state index in [0.717, 1.165) is 16.5 Å². The van der Waals surface area contributed by atoms with Crippen LogP contribution < -0.4 is 0 Å². The van der Waals surface area contributed by atoms with Gasteiger partial charge in [0, 0.05) is 0 Å². The molecule has 228 valence electrons. The first-order chi connectivity index (χ1) is 19.8. The van der Waals surface area contributed by atoms with Crippen molar-refractivity contribution in [2.75, 3.05) is 0 Å². The molecule has 6 rings (SSSR count). The summed E-state index contributed by atoms with van der Waals surface area (Å²) in [6.07, 6.45) is 10.0. The molecule has 0 spiro atoms. The first-order valence-electron chi connectivity index (χ1n) is 14.3. The summed E-state index contributed by atoms with van der Waals surface area (Å²) in [6, 6.07) is 32.0. The maximum Gasteiger partial charge on any atom is -0.109 e. The van der Waals surface area contributed by atoms with E-state index in [1.165, 1.54) is 71.2 Å². The fourth-order valence-corrected chi connectivity index (χ4v) is 5.74. The summed E-state index contributed by atoms with van der Waals surface area (Å²) in [6.45, 7) is 13.7. The maximum atomic E-state index is 5.86. The van der Waals surface area contributed by atoms with E-state index in [2.05, 4.69) is 96.2 Å². The van der Waals surface area contributed by atoms with Gasteiger partial charge in [-0.1, -0.05) is 76.9 Å². The van der Waals surface area contributed by atoms with Crippen molar-refractivity contribution in [1.82, 2.24) is 0 Å². The van der Waals surface area contributed by atoms with Crippen LogP contribution in [0.4, 0.5) is 0 Å². The predicted octanol–water partition coefficient (Wildman–Crippen LogP) is 12.6. The van der Waals surface area contributed by atoms with Crippen molar-refractivity contribution < 1.29 is 24.2 Å². The summed E-state index contributed by atoms with van der Waals surface area (Å²) in [5.41, 5.74) is 5.63. The Morgan fingerprint density at radius 3 is 1.36 bits per heavy atom. The van der Waals surface area contributed by atoms with Crippen molar-refractivity contribution in [1.29, 1.82) is 0 Å². The molecular weight excluding hydrogens is 701 g/mol. The Morgan fingerprint density at radius 1 is 0.659 bits per heavy atom. The maximum absolute atomic E-state index is 5.86. The fourth-order valence-electron chi connectivity index (χ4n) is 4.67. The van der Waals surface area contributed by atoms with E-state index in [1.54, 1.807) is 0 Å². The minimum absolute atomic E-state index is 0. The summed E-state index contributed by atoms with van der Waals surface area (Å²) < 4.78 is 1.31. The van der Waals surface area contributed by atoms with Crippen LogP contribution in [0.2, 0.25) is 10.0 Å². The average Bonchev–Trinajstić information content (AvgIpc) is 3.64. The van der Waals surface area contributed by atoms with Gasteiger partial charge < -0.3 is 0 Å². The van der Waals surface area contributed by atoms with Gasteiger partial charge in [-0.3, -0.25) is 6.08 Å². The standard InChI is InChI=1S/C21H25.C13H8Cl2.C5H5.2ClH.Zr/c1-20(2,3)16-9-7-14-11-15-8-10-17(21(4,5)6)13-19(15)18(14)12-16;14-12-5-1-10(2-6-12)9-11-3-7-13(15)8-4-11;1-2-4-5-3-1;;;/h7-13H,1-6H3;1-8H;1-3H,4H2;2*1H;/q-1;;-1;;;+2. The second-order valence-corrected chi connectivity index (χ2v) is 14.7. The average molecular weight is 742 g/mol. The van der Waals surface area contributed by atoms with Crippen molar-refractivity contribution >= 4 is 72.8 Å². The van der Waals surface area contributed by atoms with E-state index in [4.69, 9.17) is 23.2 Å². The zero-order chi connectivity index (χ0) is 30.5. The van der Waals surface area contributed by atoms with Crippen LogP contribution in [-0.4, -0.2) is 3.21 Å². The van der Waals surface area contributed by atoms with Gasteiger partial charge in [0.05, 0.1) is 0 Å². The van der Waals surface area contributed by atoms with E-state index < -0.39 is 0 Å². The second kappa shape index (κ2) is 16.6. The number of benzene rings is 4. The molecule has 0 fully saturated rings. The summed E-state index contributed by atoms with van der Waals surface area (Å²) in [5.74, 6) is 0. The molecule has 0 saturated carbocycles. The van der Waals surface area contributed by atoms with Crippen LogP contribution >= 0.6 is 48.0 Å². The Hall–Kier alpha value is -1.86. The molecule has 0 saturated heterocycles. The van der Waals surface area contributed by atoms with Crippen molar-refractivity contribution in [3.05, 3.63) is 148 Å². The Morgan fingerprint density at radius 2 is 1.07 bits per heavy atom. The van der Waals surface area contributed by atoms with E-state index in [0.29, 0.717) is 0 Å². The Kier molecular flexibility index (Phi) is 14.5. The van der Waals surface area contributed by atoms with Crippen LogP contribution in [0.1, 0.15) is 70.2 Å². The normalized spacial score (nSPS) is 12.0. The molecule has 0 atom stereocenters. The van der Waals surface area contributed by atoms with Gasteiger partial charge in [-0.15, -0.1) is 71.0 Å². The van der Waals surface area contributed by atoms with Crippen molar-refractivity contribution in [2.45, 2.75) is 58.8 Å². The molecule has 1 aliphatic carbocycles. The first-order valence-corrected chi connectivity index (χ1v) is 16.3. The Balaban J connectivity index is 0.000000260. The summed E-state index contributed by atoms with van der Waals surface area (Å²) in [5, 5.41) is 7.02. The second-order valence-electron chi connectivity index (χ2n) is 12.6. The smallest absolute Gasteiger partial charge is 0.109 e. The number of hydrogen-bond donors (Lipinski definition) is 0. The van der Waals surface area contributed by atoms with E-state index in [1.807, 2.05) is 60.7 Å². The molecule has 5 aromatic rings. The van der Waals surface area contributed by atoms with Gasteiger partial charge in [-0.2, -0.15) is 6.08 Å². The van der Waals surface area contributed by atoms with Gasteiger partial charge in [0.15, 0.2) is 0 Å². The third-order valence-corrected chi connectivity index (χ3v) is 9.21. The van der Waals surface area contributed by atoms with E-state index in [9.17, 15) is 0 Å². The minimum atomic E-state index is 0. The molecule has 0 aliphatic heterocycles. The number of halogens is 4. The number of rotatable bonds is 2. The van der Waals surface area contributed by atoms with Crippen LogP contribution in [-0.2, 0) is 35.1 Å². The van der Waals surface area contributed by atoms with Gasteiger partial charge in [0.2, 0.25) is 0 Å². The molecule has 0 nitrogen and oxygen atoms in total. The largest absolute Gasteiger partial charge is 0.273 e. The molecule has 5 heteroatoms. The molecule has 1 aliphatic rings. The van der Waals surface area contributed by atoms with Crippen LogP contribution in [0.25, 0.3) is 21.5 Å². The van der Waals surface area contributed by atoms with Crippen molar-refractivity contribution in [2.24, 2.45) is 0 Å². The number of fused-ring (bicyclic) bond motifs is 3. The molecule has 44 heavy (non-hydrogen) atoms. The van der Waals surface area contributed by atoms with Crippen LogP contribution in [0.5, 0.6) is 0 Å². The van der Waals surface area contributed by atoms with E-state index >= 15 is 0 Å². The van der Waals surface area contributed by atoms with Gasteiger partial charge in [-0.05, 0) is 10.8 Å². The fraction of sp³-hybridized carbons (Fsp3) is 0.231. The molecule has 5 aromatic carbocycles. The zero-order valence-corrected chi connectivity index (χ0v) is 31.8. The van der Waals surface area contributed by atoms with Crippen LogP contribution in [0.15, 0.2) is 109 Å². The topological polar surface area (TPSA) is 0 Å². The summed E-state index contributed by atoms with van der Waals surface area (Å²) in [4.78, 5) is 0. The molecule has 0 bridgehead atoms. The first kappa shape index (κ1) is 38.3. The molecule has 0 aromatic heterocycles. The van der Waals surface area contributed by atoms with Crippen molar-refractivity contribution in [3.8, 4) is 0 Å². The third-order valence-electron chi connectivity index (χ3n) is 7.29. The number of hydrogen-bond acceptors (Lipinski definition) is 0. The molecule has 0 amide bonds. The minimum Gasteiger partial charge on any atom is -0.273 e. The monoisotopic (exact) mass is 738 g/mol. The molecular formula is C39H40Cl4Zr. The molecule has 0 N–H and O–H groups in total. The SMILES string of the molecule is CC(C)(C)c1ccc2[cH-]c3ccc(C(C)(C)C)cc3c2c1.Cl.Cl.Clc1ccc([C](=[Zr+2])c2ccc(Cl)cc2)cc1.[C-]1=CC=CC1. The van der Waals surface area contributed by atoms with Gasteiger partial charge in [0.25, 0.3) is 0 Å². The summed E-state index contributed by atoms with van der Waals surface area (Å²) in [7, 11) is 0. The quantitative estimate of drug-likeness (QED) is 0.158. The molecule has 0 radical (unpaired) electrons. The van der Waals surface area contributed by atoms with Gasteiger partial charge >= 0.3 is 120 Å². The molecule has 0 heterocycles. The summed E-state index contributed by atoms with van der Waals surface area (Å²) >= 11 is 13.1. The number of allylic oxidation sites excluding steroid dienone is 4. The van der Waals surface area contributed by atoms with Gasteiger partial charge in [0.1, 0.15) is 0 Å². The zero-order valence-electron chi connectivity index (χ0n) is 26.2. The van der Waals surface area contributed by atoms with Crippen molar-refractivity contribution in [3.63, 3.8) is 0 Å². The van der Waals surface area contributed by atoms with Crippen LogP contribution in [0.3, 0.4) is 0 Å². The predicted molar refractivity (Wildman–Crippen MR) is 197 cm³/mol.